The topological polar surface area (TPSA) is 85.8 Å². The molecule has 0 aliphatic heterocycles. The number of hydrogen-bond acceptors (Lipinski definition) is 5. The number of hydrogen-bond donors (Lipinski definition) is 1. The van der Waals surface area contributed by atoms with E-state index in [1.54, 1.807) is 13.1 Å². The van der Waals surface area contributed by atoms with Crippen molar-refractivity contribution in [2.45, 2.75) is 46.2 Å². The summed E-state index contributed by atoms with van der Waals surface area (Å²) in [6.07, 6.45) is 3.54. The normalized spacial score (nSPS) is 12.7. The molecule has 7 heteroatoms. The maximum atomic E-state index is 12.2. The van der Waals surface area contributed by atoms with E-state index in [2.05, 4.69) is 25.2 Å². The Hall–Kier alpha value is -2.18. The molecule has 108 valence electrons. The number of rotatable bonds is 5. The predicted octanol–water partition coefficient (Wildman–Crippen LogP) is 1.58. The lowest BCUT2D eigenvalue weighted by Gasteiger charge is -2.17. The molecule has 1 atom stereocenters. The van der Waals surface area contributed by atoms with Gasteiger partial charge in [0.05, 0.1) is 6.54 Å². The Morgan fingerprint density at radius 1 is 1.40 bits per heavy atom. The van der Waals surface area contributed by atoms with Gasteiger partial charge in [0, 0.05) is 18.3 Å². The molecular weight excluding hydrogens is 258 g/mol. The Morgan fingerprint density at radius 3 is 2.75 bits per heavy atom. The van der Waals surface area contributed by atoms with Gasteiger partial charge in [0.25, 0.3) is 0 Å². The van der Waals surface area contributed by atoms with Gasteiger partial charge in [-0.3, -0.25) is 4.79 Å². The standard InChI is InChI=1S/C13H19N5O2/c1-8(2)12-14-5-6-18(12)10(4)13(19)15-7-11-9(3)16-20-17-11/h5-6,8,10H,7H2,1-4H3,(H,15,19). The largest absolute Gasteiger partial charge is 0.348 e. The third kappa shape index (κ3) is 2.87. The molecular formula is C13H19N5O2. The van der Waals surface area contributed by atoms with Gasteiger partial charge in [0.2, 0.25) is 5.91 Å². The van der Waals surface area contributed by atoms with Crippen LogP contribution in [0.2, 0.25) is 0 Å². The second-order valence-electron chi connectivity index (χ2n) is 5.04. The molecule has 0 fully saturated rings. The molecule has 0 saturated heterocycles. The van der Waals surface area contributed by atoms with Crippen LogP contribution in [-0.4, -0.2) is 25.8 Å². The number of nitrogens with zero attached hydrogens (tertiary/aromatic N) is 4. The fourth-order valence-corrected chi connectivity index (χ4v) is 1.95. The molecule has 0 spiro atoms. The molecule has 0 saturated carbocycles. The van der Waals surface area contributed by atoms with Crippen molar-refractivity contribution >= 4 is 5.91 Å². The van der Waals surface area contributed by atoms with E-state index in [9.17, 15) is 4.79 Å². The molecule has 7 nitrogen and oxygen atoms in total. The molecule has 0 bridgehead atoms. The van der Waals surface area contributed by atoms with Crippen molar-refractivity contribution in [3.8, 4) is 0 Å². The summed E-state index contributed by atoms with van der Waals surface area (Å²) in [7, 11) is 0. The maximum absolute atomic E-state index is 12.2. The molecule has 1 N–H and O–H groups in total. The van der Waals surface area contributed by atoms with Gasteiger partial charge < -0.3 is 9.88 Å². The average molecular weight is 277 g/mol. The van der Waals surface area contributed by atoms with Crippen LogP contribution in [0.4, 0.5) is 0 Å². The fraction of sp³-hybridized carbons (Fsp3) is 0.538. The smallest absolute Gasteiger partial charge is 0.243 e. The Kier molecular flexibility index (Phi) is 4.16. The number of carbonyl (C=O) groups is 1. The van der Waals surface area contributed by atoms with Crippen LogP contribution in [0.3, 0.4) is 0 Å². The third-order valence-electron chi connectivity index (χ3n) is 3.19. The summed E-state index contributed by atoms with van der Waals surface area (Å²) in [6.45, 7) is 8.04. The SMILES string of the molecule is Cc1nonc1CNC(=O)C(C)n1ccnc1C(C)C. The quantitative estimate of drug-likeness (QED) is 0.896. The zero-order chi connectivity index (χ0) is 14.7. The van der Waals surface area contributed by atoms with Gasteiger partial charge in [-0.25, -0.2) is 9.61 Å². The van der Waals surface area contributed by atoms with Crippen LogP contribution < -0.4 is 5.32 Å². The van der Waals surface area contributed by atoms with E-state index >= 15 is 0 Å². The van der Waals surface area contributed by atoms with Crippen LogP contribution in [0, 0.1) is 6.92 Å². The molecule has 2 aromatic heterocycles. The van der Waals surface area contributed by atoms with Crippen molar-refractivity contribution < 1.29 is 9.42 Å². The predicted molar refractivity (Wildman–Crippen MR) is 71.9 cm³/mol. The first-order valence-electron chi connectivity index (χ1n) is 6.59. The number of carbonyl (C=O) groups excluding carboxylic acids is 1. The van der Waals surface area contributed by atoms with Gasteiger partial charge in [-0.1, -0.05) is 24.2 Å². The van der Waals surface area contributed by atoms with E-state index in [1.807, 2.05) is 31.5 Å². The Bertz CT molecular complexity index is 587. The molecule has 2 rings (SSSR count). The van der Waals surface area contributed by atoms with Gasteiger partial charge >= 0.3 is 0 Å². The fourth-order valence-electron chi connectivity index (χ4n) is 1.95. The van der Waals surface area contributed by atoms with Crippen molar-refractivity contribution in [1.82, 2.24) is 25.2 Å². The molecule has 1 amide bonds. The molecule has 0 aromatic carbocycles. The Balaban J connectivity index is 2.02. The Morgan fingerprint density at radius 2 is 2.15 bits per heavy atom. The first-order valence-corrected chi connectivity index (χ1v) is 6.59. The van der Waals surface area contributed by atoms with Crippen LogP contribution in [0.25, 0.3) is 0 Å². The second-order valence-corrected chi connectivity index (χ2v) is 5.04. The molecule has 2 heterocycles. The third-order valence-corrected chi connectivity index (χ3v) is 3.19. The van der Waals surface area contributed by atoms with E-state index in [-0.39, 0.29) is 17.9 Å². The molecule has 2 aromatic rings. The average Bonchev–Trinajstić information content (AvgIpc) is 3.03. The lowest BCUT2D eigenvalue weighted by molar-refractivity contribution is -0.124. The van der Waals surface area contributed by atoms with Crippen LogP contribution in [-0.2, 0) is 11.3 Å². The van der Waals surface area contributed by atoms with E-state index in [1.165, 1.54) is 0 Å². The van der Waals surface area contributed by atoms with Crippen molar-refractivity contribution in [3.05, 3.63) is 29.6 Å². The molecule has 1 unspecified atom stereocenters. The molecule has 0 aliphatic carbocycles. The highest BCUT2D eigenvalue weighted by atomic mass is 16.6. The molecule has 0 radical (unpaired) electrons. The van der Waals surface area contributed by atoms with E-state index in [0.29, 0.717) is 17.9 Å². The minimum atomic E-state index is -0.324. The monoisotopic (exact) mass is 277 g/mol. The maximum Gasteiger partial charge on any atom is 0.243 e. The van der Waals surface area contributed by atoms with Crippen molar-refractivity contribution in [3.63, 3.8) is 0 Å². The lowest BCUT2D eigenvalue weighted by Crippen LogP contribution is -2.31. The zero-order valence-corrected chi connectivity index (χ0v) is 12.1. The number of aryl methyl sites for hydroxylation is 1. The highest BCUT2D eigenvalue weighted by molar-refractivity contribution is 5.79. The van der Waals surface area contributed by atoms with Crippen LogP contribution >= 0.6 is 0 Å². The minimum absolute atomic E-state index is 0.0905. The summed E-state index contributed by atoms with van der Waals surface area (Å²) in [4.78, 5) is 16.5. The Labute approximate surface area is 117 Å². The van der Waals surface area contributed by atoms with Gasteiger partial charge in [-0.2, -0.15) is 0 Å². The van der Waals surface area contributed by atoms with Gasteiger partial charge in [-0.05, 0) is 13.8 Å². The number of amides is 1. The summed E-state index contributed by atoms with van der Waals surface area (Å²) in [5, 5.41) is 10.2. The summed E-state index contributed by atoms with van der Waals surface area (Å²) in [6, 6.07) is -0.324. The van der Waals surface area contributed by atoms with E-state index < -0.39 is 0 Å². The second kappa shape index (κ2) is 5.85. The van der Waals surface area contributed by atoms with Crippen LogP contribution in [0.15, 0.2) is 17.0 Å². The first kappa shape index (κ1) is 14.2. The van der Waals surface area contributed by atoms with E-state index in [4.69, 9.17) is 0 Å². The zero-order valence-electron chi connectivity index (χ0n) is 12.1. The number of nitrogens with one attached hydrogen (secondary N) is 1. The van der Waals surface area contributed by atoms with Gasteiger partial charge in [-0.15, -0.1) is 0 Å². The summed E-state index contributed by atoms with van der Waals surface area (Å²) >= 11 is 0. The molecule has 20 heavy (non-hydrogen) atoms. The lowest BCUT2D eigenvalue weighted by atomic mass is 10.2. The van der Waals surface area contributed by atoms with Crippen molar-refractivity contribution in [1.29, 1.82) is 0 Å². The highest BCUT2D eigenvalue weighted by Gasteiger charge is 2.19. The first-order chi connectivity index (χ1) is 9.50. The van der Waals surface area contributed by atoms with Crippen LogP contribution in [0.1, 0.15) is 49.9 Å². The highest BCUT2D eigenvalue weighted by Crippen LogP contribution is 2.17. The summed E-state index contributed by atoms with van der Waals surface area (Å²) in [5.41, 5.74) is 1.32. The van der Waals surface area contributed by atoms with Crippen LogP contribution in [0.5, 0.6) is 0 Å². The summed E-state index contributed by atoms with van der Waals surface area (Å²) < 4.78 is 6.48. The molecule has 0 aliphatic rings. The van der Waals surface area contributed by atoms with E-state index in [0.717, 1.165) is 5.82 Å². The number of imidazole rings is 1. The minimum Gasteiger partial charge on any atom is -0.348 e. The van der Waals surface area contributed by atoms with Gasteiger partial charge in [0.1, 0.15) is 23.3 Å². The van der Waals surface area contributed by atoms with Gasteiger partial charge in [0.15, 0.2) is 0 Å². The van der Waals surface area contributed by atoms with Crippen molar-refractivity contribution in [2.24, 2.45) is 0 Å². The van der Waals surface area contributed by atoms with Crippen molar-refractivity contribution in [2.75, 3.05) is 0 Å². The summed E-state index contributed by atoms with van der Waals surface area (Å²) in [5.74, 6) is 1.07. The number of aromatic nitrogens is 4.